The van der Waals surface area contributed by atoms with Gasteiger partial charge in [0.15, 0.2) is 11.5 Å². The summed E-state index contributed by atoms with van der Waals surface area (Å²) in [6.07, 6.45) is 7.36. The van der Waals surface area contributed by atoms with Crippen LogP contribution in [0.15, 0.2) is 36.7 Å². The minimum atomic E-state index is -0.859. The van der Waals surface area contributed by atoms with Crippen molar-refractivity contribution >= 4 is 11.9 Å². The molecule has 40 heavy (non-hydrogen) atoms. The fourth-order valence-electron chi connectivity index (χ4n) is 5.79. The summed E-state index contributed by atoms with van der Waals surface area (Å²) in [5.41, 5.74) is 0.887. The second-order valence-electron chi connectivity index (χ2n) is 11.9. The first-order chi connectivity index (χ1) is 19.2. The van der Waals surface area contributed by atoms with Gasteiger partial charge in [-0.05, 0) is 36.6 Å². The van der Waals surface area contributed by atoms with Crippen LogP contribution in [0.4, 0.5) is 0 Å². The van der Waals surface area contributed by atoms with Gasteiger partial charge >= 0.3 is 5.97 Å². The summed E-state index contributed by atoms with van der Waals surface area (Å²) >= 11 is 0. The molecule has 1 fully saturated rings. The third kappa shape index (κ3) is 7.69. The Morgan fingerprint density at radius 3 is 2.52 bits per heavy atom. The van der Waals surface area contributed by atoms with E-state index >= 15 is 0 Å². The summed E-state index contributed by atoms with van der Waals surface area (Å²) < 4.78 is 11.9. The number of amides is 1. The van der Waals surface area contributed by atoms with Crippen LogP contribution in [0.5, 0.6) is 11.5 Å². The number of aromatic nitrogens is 2. The molecule has 1 N–H and O–H groups in total. The highest BCUT2D eigenvalue weighted by atomic mass is 16.7. The Kier molecular flexibility index (Phi) is 9.97. The van der Waals surface area contributed by atoms with Gasteiger partial charge < -0.3 is 24.0 Å². The van der Waals surface area contributed by atoms with E-state index in [1.165, 1.54) is 0 Å². The highest BCUT2D eigenvalue weighted by Crippen LogP contribution is 2.43. The first-order valence-corrected chi connectivity index (χ1v) is 14.4. The standard InChI is InChI=1S/C30H43N5O5/c1-5-6-15-33(16-8-17-35(2,3)4)28(36)20-34-19-23(22-9-11-25-26(18-22)40-21-39-25)29(30(37)38)24(34)10-12-27-31-13-7-14-32-27/h7,9,11,13-14,18,23-24,29H,5-6,8,10,12,15-17,19-21H2,1-4H3/p+1. The number of unbranched alkanes of at least 4 members (excludes halogenated alkanes) is 1. The fraction of sp³-hybridized carbons (Fsp3) is 0.600. The van der Waals surface area contributed by atoms with Crippen molar-refractivity contribution in [1.82, 2.24) is 19.8 Å². The van der Waals surface area contributed by atoms with Crippen LogP contribution < -0.4 is 9.47 Å². The van der Waals surface area contributed by atoms with Crippen molar-refractivity contribution in [2.24, 2.45) is 5.92 Å². The molecule has 4 rings (SSSR count). The molecule has 0 saturated carbocycles. The molecule has 218 valence electrons. The van der Waals surface area contributed by atoms with E-state index in [0.29, 0.717) is 43.3 Å². The molecule has 0 spiro atoms. The second kappa shape index (κ2) is 13.4. The van der Waals surface area contributed by atoms with Gasteiger partial charge in [0.25, 0.3) is 0 Å². The Bertz CT molecular complexity index is 1140. The molecule has 3 unspecified atom stereocenters. The summed E-state index contributed by atoms with van der Waals surface area (Å²) in [5.74, 6) is 0.207. The molecule has 2 aliphatic rings. The molecule has 1 aromatic heterocycles. The van der Waals surface area contributed by atoms with E-state index in [1.54, 1.807) is 18.5 Å². The average Bonchev–Trinajstić information content (AvgIpc) is 3.53. The molecule has 1 amide bonds. The Morgan fingerprint density at radius 2 is 1.82 bits per heavy atom. The Balaban J connectivity index is 1.56. The van der Waals surface area contributed by atoms with Crippen LogP contribution >= 0.6 is 0 Å². The lowest BCUT2D eigenvalue weighted by atomic mass is 9.83. The average molecular weight is 555 g/mol. The van der Waals surface area contributed by atoms with Crippen LogP contribution in [0.2, 0.25) is 0 Å². The number of fused-ring (bicyclic) bond motifs is 1. The molecule has 0 aliphatic carbocycles. The maximum absolute atomic E-state index is 13.7. The first kappa shape index (κ1) is 29.7. The predicted molar refractivity (Wildman–Crippen MR) is 151 cm³/mol. The number of carboxylic acids is 1. The lowest BCUT2D eigenvalue weighted by Gasteiger charge is -2.30. The van der Waals surface area contributed by atoms with E-state index in [0.717, 1.165) is 42.4 Å². The maximum atomic E-state index is 13.7. The van der Waals surface area contributed by atoms with Crippen molar-refractivity contribution in [3.8, 4) is 11.5 Å². The molecule has 0 bridgehead atoms. The number of carbonyl (C=O) groups excluding carboxylic acids is 1. The molecule has 2 aliphatic heterocycles. The van der Waals surface area contributed by atoms with Crippen LogP contribution in [0.1, 0.15) is 49.9 Å². The third-order valence-corrected chi connectivity index (χ3v) is 7.87. The summed E-state index contributed by atoms with van der Waals surface area (Å²) in [7, 11) is 6.48. The molecule has 3 atom stereocenters. The number of benzene rings is 1. The normalized spacial score (nSPS) is 20.6. The first-order valence-electron chi connectivity index (χ1n) is 14.4. The number of rotatable bonds is 14. The summed E-state index contributed by atoms with van der Waals surface area (Å²) in [4.78, 5) is 39.2. The fourth-order valence-corrected chi connectivity index (χ4v) is 5.79. The zero-order chi connectivity index (χ0) is 28.7. The molecule has 3 heterocycles. The Morgan fingerprint density at radius 1 is 1.10 bits per heavy atom. The van der Waals surface area contributed by atoms with Gasteiger partial charge in [-0.25, -0.2) is 9.97 Å². The number of aliphatic carboxylic acids is 1. The number of hydrogen-bond donors (Lipinski definition) is 1. The summed E-state index contributed by atoms with van der Waals surface area (Å²) in [6, 6.07) is 7.10. The topological polar surface area (TPSA) is 105 Å². The monoisotopic (exact) mass is 554 g/mol. The highest BCUT2D eigenvalue weighted by molar-refractivity contribution is 5.79. The van der Waals surface area contributed by atoms with E-state index in [4.69, 9.17) is 9.47 Å². The number of nitrogens with zero attached hydrogens (tertiary/aromatic N) is 5. The van der Waals surface area contributed by atoms with Gasteiger partial charge in [0, 0.05) is 56.8 Å². The number of carbonyl (C=O) groups is 2. The van der Waals surface area contributed by atoms with E-state index in [1.807, 2.05) is 23.1 Å². The smallest absolute Gasteiger partial charge is 0.308 e. The van der Waals surface area contributed by atoms with Gasteiger partial charge in [0.2, 0.25) is 12.7 Å². The van der Waals surface area contributed by atoms with Gasteiger partial charge in [-0.3, -0.25) is 14.5 Å². The molecule has 0 radical (unpaired) electrons. The Hall–Kier alpha value is -3.24. The molecule has 2 aromatic rings. The number of likely N-dealkylation sites (tertiary alicyclic amines) is 1. The van der Waals surface area contributed by atoms with Gasteiger partial charge in [-0.15, -0.1) is 0 Å². The third-order valence-electron chi connectivity index (χ3n) is 7.87. The maximum Gasteiger partial charge on any atom is 0.308 e. The lowest BCUT2D eigenvalue weighted by Crippen LogP contribution is -2.45. The van der Waals surface area contributed by atoms with Crippen LogP contribution in [0.3, 0.4) is 0 Å². The Labute approximate surface area is 237 Å². The number of ether oxygens (including phenoxy) is 2. The van der Waals surface area contributed by atoms with E-state index in [-0.39, 0.29) is 31.2 Å². The summed E-state index contributed by atoms with van der Waals surface area (Å²) in [5, 5.41) is 10.5. The van der Waals surface area contributed by atoms with Crippen LogP contribution in [0.25, 0.3) is 0 Å². The summed E-state index contributed by atoms with van der Waals surface area (Å²) in [6.45, 7) is 5.36. The molecule has 1 aromatic carbocycles. The molecular formula is C30H44N5O5+. The van der Waals surface area contributed by atoms with Gasteiger partial charge in [-0.2, -0.15) is 0 Å². The zero-order valence-electron chi connectivity index (χ0n) is 24.3. The van der Waals surface area contributed by atoms with Crippen LogP contribution in [-0.4, -0.2) is 108 Å². The van der Waals surface area contributed by atoms with E-state index < -0.39 is 11.9 Å². The lowest BCUT2D eigenvalue weighted by molar-refractivity contribution is -0.870. The zero-order valence-corrected chi connectivity index (χ0v) is 24.3. The highest BCUT2D eigenvalue weighted by Gasteiger charge is 2.47. The second-order valence-corrected chi connectivity index (χ2v) is 11.9. The van der Waals surface area contributed by atoms with E-state index in [9.17, 15) is 14.7 Å². The van der Waals surface area contributed by atoms with Crippen molar-refractivity contribution in [3.05, 3.63) is 48.0 Å². The molecule has 10 heteroatoms. The number of carboxylic acid groups (broad SMARTS) is 1. The quantitative estimate of drug-likeness (QED) is 0.356. The van der Waals surface area contributed by atoms with E-state index in [2.05, 4.69) is 42.9 Å². The van der Waals surface area contributed by atoms with Crippen molar-refractivity contribution in [2.45, 2.75) is 51.0 Å². The van der Waals surface area contributed by atoms with Crippen molar-refractivity contribution in [2.75, 3.05) is 60.7 Å². The van der Waals surface area contributed by atoms with Crippen molar-refractivity contribution < 1.29 is 28.7 Å². The molecule has 1 saturated heterocycles. The molecular weight excluding hydrogens is 510 g/mol. The minimum Gasteiger partial charge on any atom is -0.481 e. The SMILES string of the molecule is CCCCN(CCC[N+](C)(C)C)C(=O)CN1CC(c2ccc3c(c2)OCO3)C(C(=O)O)C1CCc1ncccn1. The van der Waals surface area contributed by atoms with Crippen molar-refractivity contribution in [3.63, 3.8) is 0 Å². The van der Waals surface area contributed by atoms with Gasteiger partial charge in [-0.1, -0.05) is 19.4 Å². The van der Waals surface area contributed by atoms with Crippen LogP contribution in [-0.2, 0) is 16.0 Å². The largest absolute Gasteiger partial charge is 0.481 e. The minimum absolute atomic E-state index is 0.0614. The predicted octanol–water partition coefficient (Wildman–Crippen LogP) is 3.03. The van der Waals surface area contributed by atoms with Gasteiger partial charge in [0.1, 0.15) is 5.82 Å². The van der Waals surface area contributed by atoms with Gasteiger partial charge in [0.05, 0.1) is 40.2 Å². The molecule has 10 nitrogen and oxygen atoms in total. The number of hydrogen-bond acceptors (Lipinski definition) is 7. The number of quaternary nitrogens is 1. The van der Waals surface area contributed by atoms with Crippen molar-refractivity contribution in [1.29, 1.82) is 0 Å². The number of aryl methyl sites for hydroxylation is 1. The van der Waals surface area contributed by atoms with Crippen LogP contribution in [0, 0.1) is 5.92 Å².